The Morgan fingerprint density at radius 2 is 1.71 bits per heavy atom. The van der Waals surface area contributed by atoms with E-state index in [1.165, 1.54) is 36.0 Å². The number of carbonyl (C=O) groups is 1. The van der Waals surface area contributed by atoms with E-state index in [9.17, 15) is 13.6 Å². The van der Waals surface area contributed by atoms with Crippen LogP contribution in [-0.2, 0) is 6.54 Å². The highest BCUT2D eigenvalue weighted by Gasteiger charge is 2.35. The summed E-state index contributed by atoms with van der Waals surface area (Å²) in [5.74, 6) is -0.769. The SMILES string of the molecule is CSc1ncc(C(=O)N(Cc2ccc(F)cc2)C2CC2)n1-c1ccc(F)cc1. The summed E-state index contributed by atoms with van der Waals surface area (Å²) in [6, 6.07) is 12.4. The van der Waals surface area contributed by atoms with Gasteiger partial charge in [-0.2, -0.15) is 0 Å². The van der Waals surface area contributed by atoms with Crippen LogP contribution in [0.1, 0.15) is 28.9 Å². The number of carbonyl (C=O) groups excluding carboxylic acids is 1. The molecule has 28 heavy (non-hydrogen) atoms. The van der Waals surface area contributed by atoms with Crippen LogP contribution in [0.5, 0.6) is 0 Å². The fraction of sp³-hybridized carbons (Fsp3) is 0.238. The number of nitrogens with zero attached hydrogens (tertiary/aromatic N) is 3. The van der Waals surface area contributed by atoms with Crippen LogP contribution in [0.2, 0.25) is 0 Å². The van der Waals surface area contributed by atoms with E-state index in [1.807, 2.05) is 11.2 Å². The number of rotatable bonds is 6. The molecule has 1 heterocycles. The van der Waals surface area contributed by atoms with Crippen LogP contribution in [0.4, 0.5) is 8.78 Å². The lowest BCUT2D eigenvalue weighted by Crippen LogP contribution is -2.34. The normalized spacial score (nSPS) is 13.5. The zero-order valence-corrected chi connectivity index (χ0v) is 16.1. The lowest BCUT2D eigenvalue weighted by atomic mass is 10.2. The van der Waals surface area contributed by atoms with Crippen LogP contribution in [0, 0.1) is 11.6 Å². The molecule has 1 fully saturated rings. The molecule has 1 aliphatic carbocycles. The van der Waals surface area contributed by atoms with E-state index in [-0.39, 0.29) is 23.6 Å². The minimum absolute atomic E-state index is 0.135. The van der Waals surface area contributed by atoms with Crippen LogP contribution >= 0.6 is 11.8 Å². The van der Waals surface area contributed by atoms with Gasteiger partial charge < -0.3 is 4.90 Å². The summed E-state index contributed by atoms with van der Waals surface area (Å²) in [7, 11) is 0. The number of benzene rings is 2. The van der Waals surface area contributed by atoms with Crippen molar-refractivity contribution in [2.24, 2.45) is 0 Å². The number of aromatic nitrogens is 2. The number of imidazole rings is 1. The van der Waals surface area contributed by atoms with Crippen molar-refractivity contribution in [1.29, 1.82) is 0 Å². The maximum Gasteiger partial charge on any atom is 0.273 e. The van der Waals surface area contributed by atoms with Crippen molar-refractivity contribution in [2.45, 2.75) is 30.6 Å². The molecule has 0 aliphatic heterocycles. The Morgan fingerprint density at radius 3 is 2.29 bits per heavy atom. The predicted molar refractivity (Wildman–Crippen MR) is 105 cm³/mol. The fourth-order valence-corrected chi connectivity index (χ4v) is 3.70. The third kappa shape index (κ3) is 3.80. The smallest absolute Gasteiger partial charge is 0.273 e. The van der Waals surface area contributed by atoms with Gasteiger partial charge in [-0.05, 0) is 61.1 Å². The van der Waals surface area contributed by atoms with Gasteiger partial charge in [0, 0.05) is 18.3 Å². The van der Waals surface area contributed by atoms with Gasteiger partial charge in [0.05, 0.1) is 6.20 Å². The summed E-state index contributed by atoms with van der Waals surface area (Å²) >= 11 is 1.42. The van der Waals surface area contributed by atoms with Gasteiger partial charge >= 0.3 is 0 Å². The fourth-order valence-electron chi connectivity index (χ4n) is 3.16. The van der Waals surface area contributed by atoms with Crippen molar-refractivity contribution < 1.29 is 13.6 Å². The van der Waals surface area contributed by atoms with E-state index in [1.54, 1.807) is 35.0 Å². The van der Waals surface area contributed by atoms with E-state index in [0.717, 1.165) is 18.4 Å². The Bertz CT molecular complexity index is 982. The Morgan fingerprint density at radius 1 is 1.11 bits per heavy atom. The van der Waals surface area contributed by atoms with Crippen molar-refractivity contribution in [3.05, 3.63) is 77.6 Å². The predicted octanol–water partition coefficient (Wildman–Crippen LogP) is 4.68. The number of hydrogen-bond acceptors (Lipinski definition) is 3. The average molecular weight is 399 g/mol. The molecule has 2 aromatic carbocycles. The molecule has 4 rings (SSSR count). The zero-order valence-electron chi connectivity index (χ0n) is 15.3. The molecule has 1 aliphatic rings. The molecular formula is C21H19F2N3OS. The highest BCUT2D eigenvalue weighted by atomic mass is 32.2. The van der Waals surface area contributed by atoms with Crippen molar-refractivity contribution in [2.75, 3.05) is 6.26 Å². The lowest BCUT2D eigenvalue weighted by molar-refractivity contribution is 0.0721. The summed E-state index contributed by atoms with van der Waals surface area (Å²) in [5, 5.41) is 0.660. The third-order valence-corrected chi connectivity index (χ3v) is 5.38. The van der Waals surface area contributed by atoms with E-state index >= 15 is 0 Å². The Labute approximate surface area is 166 Å². The molecular weight excluding hydrogens is 380 g/mol. The maximum absolute atomic E-state index is 13.4. The minimum atomic E-state index is -0.335. The molecule has 1 aromatic heterocycles. The summed E-state index contributed by atoms with van der Waals surface area (Å²) in [6.07, 6.45) is 5.35. The largest absolute Gasteiger partial charge is 0.330 e. The van der Waals surface area contributed by atoms with Crippen LogP contribution in [-0.4, -0.2) is 32.7 Å². The molecule has 0 radical (unpaired) electrons. The quantitative estimate of drug-likeness (QED) is 0.565. The van der Waals surface area contributed by atoms with E-state index < -0.39 is 0 Å². The average Bonchev–Trinajstić information content (AvgIpc) is 3.45. The van der Waals surface area contributed by atoms with Gasteiger partial charge in [0.2, 0.25) is 0 Å². The van der Waals surface area contributed by atoms with Gasteiger partial charge in [-0.15, -0.1) is 0 Å². The summed E-state index contributed by atoms with van der Waals surface area (Å²) in [6.45, 7) is 0.410. The van der Waals surface area contributed by atoms with Gasteiger partial charge in [0.1, 0.15) is 17.3 Å². The first-order valence-electron chi connectivity index (χ1n) is 9.00. The lowest BCUT2D eigenvalue weighted by Gasteiger charge is -2.23. The number of amides is 1. The van der Waals surface area contributed by atoms with Crippen molar-refractivity contribution in [3.8, 4) is 5.69 Å². The first kappa shape index (κ1) is 18.7. The number of thioether (sulfide) groups is 1. The zero-order chi connectivity index (χ0) is 19.7. The highest BCUT2D eigenvalue weighted by Crippen LogP contribution is 2.31. The summed E-state index contributed by atoms with van der Waals surface area (Å²) in [4.78, 5) is 19.6. The van der Waals surface area contributed by atoms with Crippen LogP contribution in [0.25, 0.3) is 5.69 Å². The first-order chi connectivity index (χ1) is 13.6. The molecule has 3 aromatic rings. The van der Waals surface area contributed by atoms with E-state index in [4.69, 9.17) is 0 Å². The minimum Gasteiger partial charge on any atom is -0.330 e. The van der Waals surface area contributed by atoms with Crippen molar-refractivity contribution in [3.63, 3.8) is 0 Å². The van der Waals surface area contributed by atoms with Gasteiger partial charge in [-0.25, -0.2) is 13.8 Å². The maximum atomic E-state index is 13.4. The molecule has 1 saturated carbocycles. The van der Waals surface area contributed by atoms with Crippen LogP contribution < -0.4 is 0 Å². The molecule has 0 atom stereocenters. The third-order valence-electron chi connectivity index (χ3n) is 4.73. The van der Waals surface area contributed by atoms with E-state index in [2.05, 4.69) is 4.98 Å². The molecule has 7 heteroatoms. The van der Waals surface area contributed by atoms with E-state index in [0.29, 0.717) is 23.1 Å². The second kappa shape index (κ2) is 7.75. The molecule has 0 bridgehead atoms. The second-order valence-electron chi connectivity index (χ2n) is 6.73. The Hall–Kier alpha value is -2.67. The van der Waals surface area contributed by atoms with Gasteiger partial charge in [0.15, 0.2) is 5.16 Å². The van der Waals surface area contributed by atoms with Crippen LogP contribution in [0.15, 0.2) is 59.9 Å². The number of halogens is 2. The van der Waals surface area contributed by atoms with Gasteiger partial charge in [-0.1, -0.05) is 23.9 Å². The molecule has 144 valence electrons. The number of hydrogen-bond donors (Lipinski definition) is 0. The van der Waals surface area contributed by atoms with Gasteiger partial charge in [-0.3, -0.25) is 9.36 Å². The molecule has 4 nitrogen and oxygen atoms in total. The molecule has 1 amide bonds. The molecule has 0 spiro atoms. The van der Waals surface area contributed by atoms with Crippen molar-refractivity contribution in [1.82, 2.24) is 14.5 Å². The molecule has 0 saturated heterocycles. The monoisotopic (exact) mass is 399 g/mol. The van der Waals surface area contributed by atoms with Gasteiger partial charge in [0.25, 0.3) is 5.91 Å². The first-order valence-corrected chi connectivity index (χ1v) is 10.2. The highest BCUT2D eigenvalue weighted by molar-refractivity contribution is 7.98. The second-order valence-corrected chi connectivity index (χ2v) is 7.51. The Balaban J connectivity index is 1.68. The summed E-state index contributed by atoms with van der Waals surface area (Å²) in [5.41, 5.74) is 1.99. The summed E-state index contributed by atoms with van der Waals surface area (Å²) < 4.78 is 28.3. The molecule has 0 N–H and O–H groups in total. The Kier molecular flexibility index (Phi) is 5.17. The molecule has 0 unspecified atom stereocenters. The standard InChI is InChI=1S/C21H19F2N3OS/c1-28-21-24-12-19(26(21)18-8-6-16(23)7-9-18)20(27)25(17-10-11-17)13-14-2-4-15(22)5-3-14/h2-9,12,17H,10-11,13H2,1H3. The van der Waals surface area contributed by atoms with Crippen molar-refractivity contribution >= 4 is 17.7 Å². The van der Waals surface area contributed by atoms with Crippen LogP contribution in [0.3, 0.4) is 0 Å². The topological polar surface area (TPSA) is 38.1 Å².